The van der Waals surface area contributed by atoms with Gasteiger partial charge in [-0.25, -0.2) is 4.39 Å². The second-order valence-corrected chi connectivity index (χ2v) is 5.08. The molecule has 0 aliphatic heterocycles. The van der Waals surface area contributed by atoms with E-state index in [0.717, 1.165) is 6.07 Å². The van der Waals surface area contributed by atoms with E-state index in [4.69, 9.17) is 34.8 Å². The Bertz CT molecular complexity index is 566. The zero-order valence-corrected chi connectivity index (χ0v) is 11.3. The number of benzene rings is 2. The summed E-state index contributed by atoms with van der Waals surface area (Å²) < 4.78 is 13.7. The third-order valence-electron chi connectivity index (χ3n) is 2.46. The lowest BCUT2D eigenvalue weighted by molar-refractivity contribution is 0.215. The molecule has 1 unspecified atom stereocenters. The highest BCUT2D eigenvalue weighted by molar-refractivity contribution is 6.34. The molecule has 0 fully saturated rings. The van der Waals surface area contributed by atoms with Gasteiger partial charge in [0.25, 0.3) is 0 Å². The third kappa shape index (κ3) is 2.96. The summed E-state index contributed by atoms with van der Waals surface area (Å²) in [5.41, 5.74) is 0.548. The van der Waals surface area contributed by atoms with Gasteiger partial charge in [0.15, 0.2) is 0 Å². The van der Waals surface area contributed by atoms with Gasteiger partial charge >= 0.3 is 0 Å². The average Bonchev–Trinajstić information content (AvgIpc) is 2.26. The maximum atomic E-state index is 13.7. The first-order valence-corrected chi connectivity index (χ1v) is 6.20. The maximum Gasteiger partial charge on any atom is 0.130 e. The molecule has 0 aromatic heterocycles. The molecule has 1 nitrogen and oxygen atoms in total. The molecule has 0 amide bonds. The van der Waals surface area contributed by atoms with Crippen LogP contribution in [0.2, 0.25) is 15.1 Å². The van der Waals surface area contributed by atoms with Crippen molar-refractivity contribution in [2.75, 3.05) is 0 Å². The molecule has 0 bridgehead atoms. The minimum Gasteiger partial charge on any atom is -0.384 e. The van der Waals surface area contributed by atoms with Crippen LogP contribution in [0.25, 0.3) is 0 Å². The number of hydrogen-bond acceptors (Lipinski definition) is 1. The molecule has 18 heavy (non-hydrogen) atoms. The summed E-state index contributed by atoms with van der Waals surface area (Å²) in [5.74, 6) is -0.578. The van der Waals surface area contributed by atoms with Crippen LogP contribution in [-0.2, 0) is 0 Å². The number of rotatable bonds is 2. The minimum absolute atomic E-state index is 0.123. The Morgan fingerprint density at radius 3 is 2.06 bits per heavy atom. The summed E-state index contributed by atoms with van der Waals surface area (Å²) in [7, 11) is 0. The smallest absolute Gasteiger partial charge is 0.130 e. The molecule has 5 heteroatoms. The lowest BCUT2D eigenvalue weighted by Crippen LogP contribution is -2.02. The maximum absolute atomic E-state index is 13.7. The van der Waals surface area contributed by atoms with Gasteiger partial charge in [-0.1, -0.05) is 40.9 Å². The van der Waals surface area contributed by atoms with Gasteiger partial charge < -0.3 is 5.11 Å². The van der Waals surface area contributed by atoms with Crippen LogP contribution in [0.3, 0.4) is 0 Å². The first kappa shape index (κ1) is 13.6. The fourth-order valence-electron chi connectivity index (χ4n) is 1.64. The fraction of sp³-hybridized carbons (Fsp3) is 0.0769. The van der Waals surface area contributed by atoms with E-state index >= 15 is 0 Å². The first-order valence-electron chi connectivity index (χ1n) is 5.06. The largest absolute Gasteiger partial charge is 0.384 e. The minimum atomic E-state index is -1.14. The van der Waals surface area contributed by atoms with Gasteiger partial charge in [-0.15, -0.1) is 0 Å². The number of aliphatic hydroxyl groups is 1. The van der Waals surface area contributed by atoms with E-state index in [0.29, 0.717) is 15.6 Å². The van der Waals surface area contributed by atoms with Gasteiger partial charge in [-0.3, -0.25) is 0 Å². The molecule has 2 aromatic rings. The molecule has 0 spiro atoms. The Morgan fingerprint density at radius 1 is 0.889 bits per heavy atom. The quantitative estimate of drug-likeness (QED) is 0.839. The molecule has 2 aromatic carbocycles. The lowest BCUT2D eigenvalue weighted by Gasteiger charge is -2.13. The van der Waals surface area contributed by atoms with E-state index < -0.39 is 11.9 Å². The average molecular weight is 306 g/mol. The van der Waals surface area contributed by atoms with Crippen molar-refractivity contribution in [3.8, 4) is 0 Å². The van der Waals surface area contributed by atoms with Crippen molar-refractivity contribution in [2.24, 2.45) is 0 Å². The summed E-state index contributed by atoms with van der Waals surface area (Å²) in [6, 6.07) is 8.69. The molecule has 0 aliphatic carbocycles. The van der Waals surface area contributed by atoms with E-state index in [-0.39, 0.29) is 10.6 Å². The van der Waals surface area contributed by atoms with Crippen LogP contribution in [0.4, 0.5) is 4.39 Å². The molecule has 94 valence electrons. The number of hydrogen-bond donors (Lipinski definition) is 1. The molecular weight excluding hydrogens is 297 g/mol. The Kier molecular flexibility index (Phi) is 4.13. The second kappa shape index (κ2) is 5.45. The number of halogens is 4. The molecular formula is C13H8Cl3FO. The lowest BCUT2D eigenvalue weighted by atomic mass is 10.0. The molecule has 0 radical (unpaired) electrons. The van der Waals surface area contributed by atoms with Gasteiger partial charge in [-0.2, -0.15) is 0 Å². The van der Waals surface area contributed by atoms with Gasteiger partial charge in [0, 0.05) is 20.6 Å². The highest BCUT2D eigenvalue weighted by Gasteiger charge is 2.16. The van der Waals surface area contributed by atoms with Crippen LogP contribution in [-0.4, -0.2) is 5.11 Å². The summed E-state index contributed by atoms with van der Waals surface area (Å²) in [5, 5.41) is 11.1. The van der Waals surface area contributed by atoms with Crippen LogP contribution < -0.4 is 0 Å². The topological polar surface area (TPSA) is 20.2 Å². The van der Waals surface area contributed by atoms with Crippen molar-refractivity contribution < 1.29 is 9.50 Å². The predicted molar refractivity (Wildman–Crippen MR) is 71.9 cm³/mol. The molecule has 0 heterocycles. The molecule has 2 rings (SSSR count). The van der Waals surface area contributed by atoms with Crippen LogP contribution in [0, 0.1) is 5.82 Å². The van der Waals surface area contributed by atoms with Crippen molar-refractivity contribution >= 4 is 34.8 Å². The molecule has 1 N–H and O–H groups in total. The molecule has 1 atom stereocenters. The van der Waals surface area contributed by atoms with Crippen molar-refractivity contribution in [2.45, 2.75) is 6.10 Å². The zero-order chi connectivity index (χ0) is 13.3. The van der Waals surface area contributed by atoms with E-state index in [1.165, 1.54) is 30.3 Å². The molecule has 0 saturated heterocycles. The van der Waals surface area contributed by atoms with Gasteiger partial charge in [0.05, 0.1) is 0 Å². The molecule has 0 aliphatic rings. The van der Waals surface area contributed by atoms with Crippen LogP contribution in [0.5, 0.6) is 0 Å². The SMILES string of the molecule is OC(c1cc(Cl)cc(Cl)c1)c1ccc(Cl)cc1F. The highest BCUT2D eigenvalue weighted by Crippen LogP contribution is 2.29. The van der Waals surface area contributed by atoms with Gasteiger partial charge in [-0.05, 0) is 35.9 Å². The van der Waals surface area contributed by atoms with Crippen molar-refractivity contribution in [1.29, 1.82) is 0 Å². The van der Waals surface area contributed by atoms with Crippen molar-refractivity contribution in [1.82, 2.24) is 0 Å². The van der Waals surface area contributed by atoms with Crippen LogP contribution in [0.15, 0.2) is 36.4 Å². The third-order valence-corrected chi connectivity index (χ3v) is 3.13. The van der Waals surface area contributed by atoms with Gasteiger partial charge in [0.2, 0.25) is 0 Å². The summed E-state index contributed by atoms with van der Waals surface area (Å²) in [4.78, 5) is 0. The Balaban J connectivity index is 2.44. The first-order chi connectivity index (χ1) is 8.47. The Labute approximate surface area is 119 Å². The summed E-state index contributed by atoms with van der Waals surface area (Å²) in [6.45, 7) is 0. The normalized spacial score (nSPS) is 12.5. The summed E-state index contributed by atoms with van der Waals surface area (Å²) >= 11 is 17.3. The fourth-order valence-corrected chi connectivity index (χ4v) is 2.34. The van der Waals surface area contributed by atoms with E-state index in [2.05, 4.69) is 0 Å². The Morgan fingerprint density at radius 2 is 1.50 bits per heavy atom. The van der Waals surface area contributed by atoms with Crippen LogP contribution >= 0.6 is 34.8 Å². The predicted octanol–water partition coefficient (Wildman–Crippen LogP) is 4.87. The standard InChI is InChI=1S/C13H8Cl3FO/c14-8-1-2-11(12(17)6-8)13(18)7-3-9(15)5-10(16)4-7/h1-6,13,18H. The Hall–Kier alpha value is -0.800. The van der Waals surface area contributed by atoms with Crippen LogP contribution in [0.1, 0.15) is 17.2 Å². The highest BCUT2D eigenvalue weighted by atomic mass is 35.5. The monoisotopic (exact) mass is 304 g/mol. The van der Waals surface area contributed by atoms with E-state index in [1.807, 2.05) is 0 Å². The van der Waals surface area contributed by atoms with Crippen molar-refractivity contribution in [3.05, 3.63) is 68.4 Å². The zero-order valence-electron chi connectivity index (χ0n) is 9.00. The van der Waals surface area contributed by atoms with E-state index in [1.54, 1.807) is 0 Å². The van der Waals surface area contributed by atoms with Crippen molar-refractivity contribution in [3.63, 3.8) is 0 Å². The molecule has 0 saturated carbocycles. The summed E-state index contributed by atoms with van der Waals surface area (Å²) in [6.07, 6.45) is -1.14. The number of aliphatic hydroxyl groups excluding tert-OH is 1. The van der Waals surface area contributed by atoms with Gasteiger partial charge in [0.1, 0.15) is 11.9 Å². The van der Waals surface area contributed by atoms with E-state index in [9.17, 15) is 9.50 Å². The second-order valence-electron chi connectivity index (χ2n) is 3.77.